The number of nitrogens with one attached hydrogen (secondary N) is 1. The minimum absolute atomic E-state index is 0.389. The van der Waals surface area contributed by atoms with Gasteiger partial charge in [0.1, 0.15) is 5.75 Å². The van der Waals surface area contributed by atoms with Crippen molar-refractivity contribution in [3.63, 3.8) is 0 Å². The second-order valence-corrected chi connectivity index (χ2v) is 6.50. The van der Waals surface area contributed by atoms with Gasteiger partial charge in [0, 0.05) is 6.04 Å². The summed E-state index contributed by atoms with van der Waals surface area (Å²) in [6, 6.07) is 19.5. The number of rotatable bonds is 8. The molecule has 0 saturated heterocycles. The van der Waals surface area contributed by atoms with E-state index in [4.69, 9.17) is 4.74 Å². The zero-order chi connectivity index (χ0) is 16.7. The lowest BCUT2D eigenvalue weighted by Crippen LogP contribution is -2.22. The van der Waals surface area contributed by atoms with Crippen LogP contribution in [0.2, 0.25) is 0 Å². The Balaban J connectivity index is 1.92. The summed E-state index contributed by atoms with van der Waals surface area (Å²) in [6.45, 7) is 7.85. The van der Waals surface area contributed by atoms with E-state index in [2.05, 4.69) is 80.7 Å². The predicted octanol–water partition coefficient (Wildman–Crippen LogP) is 5.18. The lowest BCUT2D eigenvalue weighted by molar-refractivity contribution is 0.412. The molecule has 1 N–H and O–H groups in total. The Morgan fingerprint density at radius 3 is 2.09 bits per heavy atom. The maximum Gasteiger partial charge on any atom is 0.118 e. The van der Waals surface area contributed by atoms with E-state index < -0.39 is 0 Å². The molecule has 0 aliphatic heterocycles. The number of benzene rings is 2. The van der Waals surface area contributed by atoms with Gasteiger partial charge in [-0.05, 0) is 55.0 Å². The Morgan fingerprint density at radius 1 is 0.870 bits per heavy atom. The second kappa shape index (κ2) is 8.73. The van der Waals surface area contributed by atoms with Gasteiger partial charge >= 0.3 is 0 Å². The summed E-state index contributed by atoms with van der Waals surface area (Å²) in [5.74, 6) is 2.11. The van der Waals surface area contributed by atoms with E-state index in [-0.39, 0.29) is 0 Å². The third-order valence-electron chi connectivity index (χ3n) is 4.55. The fourth-order valence-corrected chi connectivity index (χ4v) is 3.05. The summed E-state index contributed by atoms with van der Waals surface area (Å²) in [7, 11) is 1.71. The van der Waals surface area contributed by atoms with E-state index in [9.17, 15) is 0 Å². The van der Waals surface area contributed by atoms with Crippen LogP contribution in [0.15, 0.2) is 54.6 Å². The summed E-state index contributed by atoms with van der Waals surface area (Å²) in [6.07, 6.45) is 1.14. The van der Waals surface area contributed by atoms with Gasteiger partial charge in [-0.3, -0.25) is 0 Å². The summed E-state index contributed by atoms with van der Waals surface area (Å²) >= 11 is 0. The molecule has 2 nitrogen and oxygen atoms in total. The van der Waals surface area contributed by atoms with E-state index in [0.29, 0.717) is 17.9 Å². The number of ether oxygens (including phenoxy) is 1. The molecule has 2 atom stereocenters. The minimum Gasteiger partial charge on any atom is -0.497 e. The number of hydrogen-bond donors (Lipinski definition) is 1. The molecule has 0 bridgehead atoms. The van der Waals surface area contributed by atoms with Crippen molar-refractivity contribution in [1.29, 1.82) is 0 Å². The quantitative estimate of drug-likeness (QED) is 0.725. The van der Waals surface area contributed by atoms with Crippen molar-refractivity contribution in [3.8, 4) is 5.75 Å². The Morgan fingerprint density at radius 2 is 1.52 bits per heavy atom. The molecule has 23 heavy (non-hydrogen) atoms. The molecule has 0 fully saturated rings. The van der Waals surface area contributed by atoms with Gasteiger partial charge in [0.05, 0.1) is 7.11 Å². The average molecular weight is 311 g/mol. The van der Waals surface area contributed by atoms with Crippen LogP contribution in [0.1, 0.15) is 50.3 Å². The molecule has 0 saturated carbocycles. The molecule has 0 radical (unpaired) electrons. The van der Waals surface area contributed by atoms with Crippen molar-refractivity contribution in [3.05, 3.63) is 65.7 Å². The Kier molecular flexibility index (Phi) is 6.66. The molecular formula is C21H29NO. The molecule has 0 unspecified atom stereocenters. The fourth-order valence-electron chi connectivity index (χ4n) is 3.05. The van der Waals surface area contributed by atoms with Gasteiger partial charge in [0.2, 0.25) is 0 Å². The zero-order valence-corrected chi connectivity index (χ0v) is 14.8. The maximum absolute atomic E-state index is 5.26. The molecule has 124 valence electrons. The van der Waals surface area contributed by atoms with Crippen molar-refractivity contribution < 1.29 is 4.74 Å². The SMILES string of the molecule is COc1ccc([C@H](CCN[C@@H](C)c2ccccc2)C(C)C)cc1. The van der Waals surface area contributed by atoms with Gasteiger partial charge in [-0.1, -0.05) is 56.3 Å². The highest BCUT2D eigenvalue weighted by Crippen LogP contribution is 2.29. The first-order valence-corrected chi connectivity index (χ1v) is 8.54. The van der Waals surface area contributed by atoms with Gasteiger partial charge in [0.25, 0.3) is 0 Å². The van der Waals surface area contributed by atoms with Gasteiger partial charge in [-0.25, -0.2) is 0 Å². The van der Waals surface area contributed by atoms with Crippen LogP contribution < -0.4 is 10.1 Å². The summed E-state index contributed by atoms with van der Waals surface area (Å²) < 4.78 is 5.26. The molecule has 0 spiro atoms. The minimum atomic E-state index is 0.389. The Hall–Kier alpha value is -1.80. The molecule has 2 aromatic carbocycles. The average Bonchev–Trinajstić information content (AvgIpc) is 2.59. The zero-order valence-electron chi connectivity index (χ0n) is 14.8. The summed E-state index contributed by atoms with van der Waals surface area (Å²) in [5.41, 5.74) is 2.74. The normalized spacial score (nSPS) is 13.8. The second-order valence-electron chi connectivity index (χ2n) is 6.50. The Bertz CT molecular complexity index is 562. The monoisotopic (exact) mass is 311 g/mol. The summed E-state index contributed by atoms with van der Waals surface area (Å²) in [4.78, 5) is 0. The number of hydrogen-bond acceptors (Lipinski definition) is 2. The van der Waals surface area contributed by atoms with E-state index in [1.165, 1.54) is 11.1 Å². The smallest absolute Gasteiger partial charge is 0.118 e. The van der Waals surface area contributed by atoms with Gasteiger partial charge in [0.15, 0.2) is 0 Å². The largest absolute Gasteiger partial charge is 0.497 e. The van der Waals surface area contributed by atoms with E-state index in [0.717, 1.165) is 18.7 Å². The van der Waals surface area contributed by atoms with Crippen LogP contribution in [0.5, 0.6) is 5.75 Å². The van der Waals surface area contributed by atoms with Crippen LogP contribution in [0.4, 0.5) is 0 Å². The molecule has 0 aliphatic carbocycles. The van der Waals surface area contributed by atoms with Crippen molar-refractivity contribution in [2.45, 2.75) is 39.2 Å². The third kappa shape index (κ3) is 5.11. The molecular weight excluding hydrogens is 282 g/mol. The van der Waals surface area contributed by atoms with E-state index in [1.807, 2.05) is 0 Å². The first-order chi connectivity index (χ1) is 11.1. The van der Waals surface area contributed by atoms with Gasteiger partial charge < -0.3 is 10.1 Å². The molecule has 0 aliphatic rings. The highest BCUT2D eigenvalue weighted by molar-refractivity contribution is 5.29. The topological polar surface area (TPSA) is 21.3 Å². The van der Waals surface area contributed by atoms with Crippen molar-refractivity contribution in [2.75, 3.05) is 13.7 Å². The molecule has 0 amide bonds. The van der Waals surface area contributed by atoms with Gasteiger partial charge in [-0.2, -0.15) is 0 Å². The van der Waals surface area contributed by atoms with Crippen LogP contribution in [0.3, 0.4) is 0 Å². The lowest BCUT2D eigenvalue weighted by Gasteiger charge is -2.23. The van der Waals surface area contributed by atoms with Crippen molar-refractivity contribution in [1.82, 2.24) is 5.32 Å². The van der Waals surface area contributed by atoms with Crippen LogP contribution in [-0.4, -0.2) is 13.7 Å². The standard InChI is InChI=1S/C21H29NO/c1-16(2)21(19-10-12-20(23-4)13-11-19)14-15-22-17(3)18-8-6-5-7-9-18/h5-13,16-17,21-22H,14-15H2,1-4H3/t17-,21+/m0/s1. The van der Waals surface area contributed by atoms with Crippen LogP contribution in [0.25, 0.3) is 0 Å². The highest BCUT2D eigenvalue weighted by atomic mass is 16.5. The number of methoxy groups -OCH3 is 1. The van der Waals surface area contributed by atoms with E-state index >= 15 is 0 Å². The van der Waals surface area contributed by atoms with E-state index in [1.54, 1.807) is 7.11 Å². The van der Waals surface area contributed by atoms with Crippen LogP contribution in [-0.2, 0) is 0 Å². The first-order valence-electron chi connectivity index (χ1n) is 8.54. The third-order valence-corrected chi connectivity index (χ3v) is 4.55. The Labute approximate surface area is 140 Å². The van der Waals surface area contributed by atoms with Gasteiger partial charge in [-0.15, -0.1) is 0 Å². The molecule has 0 aromatic heterocycles. The predicted molar refractivity (Wildman–Crippen MR) is 98.0 cm³/mol. The highest BCUT2D eigenvalue weighted by Gasteiger charge is 2.16. The van der Waals surface area contributed by atoms with Crippen molar-refractivity contribution >= 4 is 0 Å². The molecule has 2 aromatic rings. The van der Waals surface area contributed by atoms with Crippen LogP contribution >= 0.6 is 0 Å². The first kappa shape index (κ1) is 17.6. The molecule has 2 heteroatoms. The molecule has 0 heterocycles. The van der Waals surface area contributed by atoms with Crippen LogP contribution in [0, 0.1) is 5.92 Å². The summed E-state index contributed by atoms with van der Waals surface area (Å²) in [5, 5.41) is 3.65. The maximum atomic E-state index is 5.26. The molecule has 2 rings (SSSR count). The van der Waals surface area contributed by atoms with Crippen molar-refractivity contribution in [2.24, 2.45) is 5.92 Å². The lowest BCUT2D eigenvalue weighted by atomic mass is 9.85. The fraction of sp³-hybridized carbons (Fsp3) is 0.429.